The van der Waals surface area contributed by atoms with Crippen molar-refractivity contribution < 1.29 is 9.72 Å². The monoisotopic (exact) mass is 338 g/mol. The lowest BCUT2D eigenvalue weighted by molar-refractivity contribution is -0.384. The molecule has 1 aromatic heterocycles. The predicted octanol–water partition coefficient (Wildman–Crippen LogP) is 2.05. The van der Waals surface area contributed by atoms with E-state index in [2.05, 4.69) is 31.2 Å². The van der Waals surface area contributed by atoms with Gasteiger partial charge in [-0.15, -0.1) is 0 Å². The van der Waals surface area contributed by atoms with Crippen molar-refractivity contribution in [3.63, 3.8) is 0 Å². The Hall–Kier alpha value is -2.22. The molecule has 0 fully saturated rings. The molecule has 0 radical (unpaired) electrons. The Labute approximate surface area is 122 Å². The van der Waals surface area contributed by atoms with Crippen LogP contribution in [0.5, 0.6) is 0 Å². The molecule has 0 aliphatic heterocycles. The average molecular weight is 339 g/mol. The number of non-ortho nitro benzene ring substituents is 1. The standard InChI is InChI=1S/C12H11BrN4O3/c13-11-2-1-9(17(19)20)5-10(11)12(18)15-4-3-8-6-14-7-16-8/h1-2,5-7H,3-4H2,(H,14,16)(H,15,18). The molecule has 0 unspecified atom stereocenters. The lowest BCUT2D eigenvalue weighted by atomic mass is 10.2. The summed E-state index contributed by atoms with van der Waals surface area (Å²) >= 11 is 3.21. The van der Waals surface area contributed by atoms with Crippen LogP contribution in [0, 0.1) is 10.1 Å². The second kappa shape index (κ2) is 6.29. The van der Waals surface area contributed by atoms with Gasteiger partial charge in [-0.05, 0) is 22.0 Å². The van der Waals surface area contributed by atoms with Crippen LogP contribution >= 0.6 is 15.9 Å². The molecule has 0 bridgehead atoms. The molecule has 0 saturated heterocycles. The number of nitro groups is 1. The average Bonchev–Trinajstić information content (AvgIpc) is 2.92. The number of benzene rings is 1. The van der Waals surface area contributed by atoms with E-state index in [4.69, 9.17) is 0 Å². The number of H-pyrrole nitrogens is 1. The van der Waals surface area contributed by atoms with Crippen molar-refractivity contribution in [2.75, 3.05) is 6.54 Å². The summed E-state index contributed by atoms with van der Waals surface area (Å²) in [5.74, 6) is -0.361. The number of nitrogens with one attached hydrogen (secondary N) is 2. The fourth-order valence-electron chi connectivity index (χ4n) is 1.63. The Morgan fingerprint density at radius 1 is 1.50 bits per heavy atom. The van der Waals surface area contributed by atoms with E-state index in [0.29, 0.717) is 17.4 Å². The number of hydrogen-bond acceptors (Lipinski definition) is 4. The molecule has 2 aromatic rings. The second-order valence-electron chi connectivity index (χ2n) is 4.00. The molecule has 1 heterocycles. The van der Waals surface area contributed by atoms with Gasteiger partial charge < -0.3 is 10.3 Å². The predicted molar refractivity (Wildman–Crippen MR) is 75.4 cm³/mol. The Bertz CT molecular complexity index is 628. The van der Waals surface area contributed by atoms with E-state index >= 15 is 0 Å². The number of amides is 1. The number of hydrogen-bond donors (Lipinski definition) is 2. The highest BCUT2D eigenvalue weighted by atomic mass is 79.9. The Balaban J connectivity index is 2.01. The molecule has 0 saturated carbocycles. The summed E-state index contributed by atoms with van der Waals surface area (Å²) in [7, 11) is 0. The lowest BCUT2D eigenvalue weighted by Gasteiger charge is -2.06. The van der Waals surface area contributed by atoms with Crippen LogP contribution in [0.25, 0.3) is 0 Å². The lowest BCUT2D eigenvalue weighted by Crippen LogP contribution is -2.26. The number of halogens is 1. The molecule has 2 rings (SSSR count). The molecule has 8 heteroatoms. The van der Waals surface area contributed by atoms with Gasteiger partial charge in [-0.25, -0.2) is 4.98 Å². The third kappa shape index (κ3) is 3.41. The van der Waals surface area contributed by atoms with E-state index < -0.39 is 4.92 Å². The first-order valence-corrected chi connectivity index (χ1v) is 6.56. The second-order valence-corrected chi connectivity index (χ2v) is 4.86. The van der Waals surface area contributed by atoms with Crippen molar-refractivity contribution in [1.82, 2.24) is 15.3 Å². The number of aromatic amines is 1. The zero-order chi connectivity index (χ0) is 14.5. The summed E-state index contributed by atoms with van der Waals surface area (Å²) in [4.78, 5) is 28.9. The van der Waals surface area contributed by atoms with Crippen molar-refractivity contribution in [3.05, 3.63) is 56.6 Å². The summed E-state index contributed by atoms with van der Waals surface area (Å²) in [5, 5.41) is 13.4. The Morgan fingerprint density at radius 2 is 2.30 bits per heavy atom. The first-order chi connectivity index (χ1) is 9.58. The van der Waals surface area contributed by atoms with Crippen LogP contribution in [0.1, 0.15) is 16.1 Å². The quantitative estimate of drug-likeness (QED) is 0.643. The third-order valence-corrected chi connectivity index (χ3v) is 3.33. The number of nitrogens with zero attached hydrogens (tertiary/aromatic N) is 2. The topological polar surface area (TPSA) is 101 Å². The van der Waals surface area contributed by atoms with Crippen LogP contribution in [0.15, 0.2) is 35.2 Å². The van der Waals surface area contributed by atoms with Crippen molar-refractivity contribution >= 4 is 27.5 Å². The number of aromatic nitrogens is 2. The third-order valence-electron chi connectivity index (χ3n) is 2.64. The highest BCUT2D eigenvalue weighted by molar-refractivity contribution is 9.10. The molecule has 0 spiro atoms. The summed E-state index contributed by atoms with van der Waals surface area (Å²) < 4.78 is 0.516. The molecule has 7 nitrogen and oxygen atoms in total. The van der Waals surface area contributed by atoms with Gasteiger partial charge in [-0.3, -0.25) is 14.9 Å². The molecule has 0 aliphatic carbocycles. The minimum Gasteiger partial charge on any atom is -0.352 e. The molecule has 2 N–H and O–H groups in total. The van der Waals surface area contributed by atoms with Gasteiger partial charge in [0, 0.05) is 41.5 Å². The van der Waals surface area contributed by atoms with Crippen molar-refractivity contribution in [3.8, 4) is 0 Å². The van der Waals surface area contributed by atoms with Crippen molar-refractivity contribution in [2.24, 2.45) is 0 Å². The highest BCUT2D eigenvalue weighted by Crippen LogP contribution is 2.22. The number of rotatable bonds is 5. The molecular formula is C12H11BrN4O3. The largest absolute Gasteiger partial charge is 0.352 e. The van der Waals surface area contributed by atoms with E-state index in [-0.39, 0.29) is 17.2 Å². The number of nitro benzene ring substituents is 1. The molecule has 1 amide bonds. The smallest absolute Gasteiger partial charge is 0.270 e. The summed E-state index contributed by atoms with van der Waals surface area (Å²) in [5.41, 5.74) is 1.03. The van der Waals surface area contributed by atoms with Crippen molar-refractivity contribution in [2.45, 2.75) is 6.42 Å². The van der Waals surface area contributed by atoms with Gasteiger partial charge in [-0.1, -0.05) is 0 Å². The molecule has 0 aliphatic rings. The molecular weight excluding hydrogens is 328 g/mol. The summed E-state index contributed by atoms with van der Waals surface area (Å²) in [6, 6.07) is 4.07. The first kappa shape index (κ1) is 14.2. The van der Waals surface area contributed by atoms with Gasteiger partial charge in [0.15, 0.2) is 0 Å². The SMILES string of the molecule is O=C(NCCc1cnc[nH]1)c1cc([N+](=O)[O-])ccc1Br. The van der Waals surface area contributed by atoms with E-state index in [1.54, 1.807) is 12.5 Å². The van der Waals surface area contributed by atoms with Crippen molar-refractivity contribution in [1.29, 1.82) is 0 Å². The van der Waals surface area contributed by atoms with Crippen LogP contribution in [0.3, 0.4) is 0 Å². The first-order valence-electron chi connectivity index (χ1n) is 5.77. The summed E-state index contributed by atoms with van der Waals surface area (Å²) in [6.45, 7) is 0.413. The summed E-state index contributed by atoms with van der Waals surface area (Å²) in [6.07, 6.45) is 3.85. The maximum atomic E-state index is 12.0. The Morgan fingerprint density at radius 3 is 2.95 bits per heavy atom. The van der Waals surface area contributed by atoms with Gasteiger partial charge in [0.05, 0.1) is 16.8 Å². The minimum absolute atomic E-state index is 0.119. The van der Waals surface area contributed by atoms with Gasteiger partial charge in [0.25, 0.3) is 11.6 Å². The van der Waals surface area contributed by atoms with Gasteiger partial charge in [-0.2, -0.15) is 0 Å². The fourth-order valence-corrected chi connectivity index (χ4v) is 2.05. The zero-order valence-electron chi connectivity index (χ0n) is 10.3. The van der Waals surface area contributed by atoms with Crippen LogP contribution in [0.2, 0.25) is 0 Å². The van der Waals surface area contributed by atoms with Crippen LogP contribution < -0.4 is 5.32 Å². The number of carbonyl (C=O) groups excluding carboxylic acids is 1. The molecule has 0 atom stereocenters. The number of imidazole rings is 1. The molecule has 1 aromatic carbocycles. The van der Waals surface area contributed by atoms with Crippen LogP contribution in [0.4, 0.5) is 5.69 Å². The van der Waals surface area contributed by atoms with Gasteiger partial charge >= 0.3 is 0 Å². The van der Waals surface area contributed by atoms with E-state index in [1.807, 2.05) is 0 Å². The molecule has 104 valence electrons. The van der Waals surface area contributed by atoms with E-state index in [0.717, 1.165) is 5.69 Å². The maximum Gasteiger partial charge on any atom is 0.270 e. The zero-order valence-corrected chi connectivity index (χ0v) is 11.9. The minimum atomic E-state index is -0.534. The molecule has 20 heavy (non-hydrogen) atoms. The number of carbonyl (C=O) groups is 1. The van der Waals surface area contributed by atoms with E-state index in [1.165, 1.54) is 18.2 Å². The van der Waals surface area contributed by atoms with Crippen LogP contribution in [-0.2, 0) is 6.42 Å². The Kier molecular flexibility index (Phi) is 4.46. The van der Waals surface area contributed by atoms with E-state index in [9.17, 15) is 14.9 Å². The van der Waals surface area contributed by atoms with Gasteiger partial charge in [0.1, 0.15) is 0 Å². The maximum absolute atomic E-state index is 12.0. The van der Waals surface area contributed by atoms with Gasteiger partial charge in [0.2, 0.25) is 0 Å². The fraction of sp³-hybridized carbons (Fsp3) is 0.167. The van der Waals surface area contributed by atoms with Crippen LogP contribution in [-0.4, -0.2) is 27.3 Å². The normalized spacial score (nSPS) is 10.2. The highest BCUT2D eigenvalue weighted by Gasteiger charge is 2.15.